The van der Waals surface area contributed by atoms with Crippen LogP contribution in [0, 0.1) is 0 Å². The molecule has 24 heavy (non-hydrogen) atoms. The Kier molecular flexibility index (Phi) is 3.79. The fourth-order valence-corrected chi connectivity index (χ4v) is 3.83. The first-order valence-corrected chi connectivity index (χ1v) is 8.73. The molecule has 1 saturated heterocycles. The summed E-state index contributed by atoms with van der Waals surface area (Å²) in [5.41, 5.74) is 2.97. The minimum absolute atomic E-state index is 0.0809. The van der Waals surface area contributed by atoms with Gasteiger partial charge in [0.2, 0.25) is 0 Å². The Morgan fingerprint density at radius 1 is 1.33 bits per heavy atom. The fraction of sp³-hybridized carbons (Fsp3) is 0.474. The third kappa shape index (κ3) is 2.48. The zero-order chi connectivity index (χ0) is 16.7. The highest BCUT2D eigenvalue weighted by Gasteiger charge is 2.33. The smallest absolute Gasteiger partial charge is 0.257 e. The molecular formula is C19H23N3O2. The Morgan fingerprint density at radius 3 is 3.00 bits per heavy atom. The van der Waals surface area contributed by atoms with Crippen LogP contribution >= 0.6 is 0 Å². The lowest BCUT2D eigenvalue weighted by Gasteiger charge is -2.32. The van der Waals surface area contributed by atoms with Crippen LogP contribution in [-0.2, 0) is 0 Å². The predicted molar refractivity (Wildman–Crippen MR) is 91.4 cm³/mol. The molecule has 0 bridgehead atoms. The van der Waals surface area contributed by atoms with Crippen molar-refractivity contribution in [3.8, 4) is 5.75 Å². The highest BCUT2D eigenvalue weighted by atomic mass is 16.5. The zero-order valence-electron chi connectivity index (χ0n) is 14.2. The summed E-state index contributed by atoms with van der Waals surface area (Å²) in [7, 11) is 0. The molecule has 3 atom stereocenters. The van der Waals surface area contributed by atoms with Gasteiger partial charge in [0.15, 0.2) is 0 Å². The lowest BCUT2D eigenvalue weighted by atomic mass is 9.93. The van der Waals surface area contributed by atoms with Gasteiger partial charge < -0.3 is 9.64 Å². The number of para-hydroxylation sites is 1. The molecule has 0 unspecified atom stereocenters. The lowest BCUT2D eigenvalue weighted by molar-refractivity contribution is 0.0700. The molecule has 0 radical (unpaired) electrons. The third-order valence-electron chi connectivity index (χ3n) is 5.45. The highest BCUT2D eigenvalue weighted by molar-refractivity contribution is 5.97. The minimum Gasteiger partial charge on any atom is -0.489 e. The summed E-state index contributed by atoms with van der Waals surface area (Å²) in [6.07, 6.45) is 3.99. The van der Waals surface area contributed by atoms with Gasteiger partial charge in [0.25, 0.3) is 5.91 Å². The maximum absolute atomic E-state index is 13.1. The maximum atomic E-state index is 13.1. The number of amides is 1. The van der Waals surface area contributed by atoms with Gasteiger partial charge in [-0.15, -0.1) is 0 Å². The van der Waals surface area contributed by atoms with E-state index >= 15 is 0 Å². The largest absolute Gasteiger partial charge is 0.489 e. The van der Waals surface area contributed by atoms with Gasteiger partial charge in [-0.3, -0.25) is 9.89 Å². The van der Waals surface area contributed by atoms with Crippen LogP contribution in [0.25, 0.3) is 0 Å². The average molecular weight is 325 g/mol. The van der Waals surface area contributed by atoms with Gasteiger partial charge in [-0.1, -0.05) is 19.1 Å². The lowest BCUT2D eigenvalue weighted by Crippen LogP contribution is -2.39. The molecule has 4 rings (SSSR count). The number of nitrogens with one attached hydrogen (secondary N) is 1. The number of aromatic nitrogens is 2. The Balaban J connectivity index is 1.59. The van der Waals surface area contributed by atoms with Crippen LogP contribution in [0.1, 0.15) is 60.1 Å². The molecule has 2 aliphatic heterocycles. The van der Waals surface area contributed by atoms with E-state index in [0.29, 0.717) is 17.4 Å². The van der Waals surface area contributed by atoms with E-state index in [1.54, 1.807) is 6.20 Å². The third-order valence-corrected chi connectivity index (χ3v) is 5.45. The van der Waals surface area contributed by atoms with Crippen LogP contribution in [0.15, 0.2) is 30.5 Å². The maximum Gasteiger partial charge on any atom is 0.257 e. The van der Waals surface area contributed by atoms with E-state index < -0.39 is 0 Å². The van der Waals surface area contributed by atoms with Gasteiger partial charge in [0, 0.05) is 42.4 Å². The average Bonchev–Trinajstić information content (AvgIpc) is 3.24. The van der Waals surface area contributed by atoms with Crippen molar-refractivity contribution in [2.75, 3.05) is 13.1 Å². The van der Waals surface area contributed by atoms with Crippen molar-refractivity contribution >= 4 is 5.91 Å². The molecule has 1 aromatic heterocycles. The SMILES string of the molecule is C[C@@H]1Oc2c(C(=O)N3CCC[C@@H](c4ccn[nH]4)C3)cccc2[C@@H]1C. The first-order chi connectivity index (χ1) is 11.6. The van der Waals surface area contributed by atoms with Crippen molar-refractivity contribution in [2.24, 2.45) is 0 Å². The number of likely N-dealkylation sites (tertiary alicyclic amines) is 1. The van der Waals surface area contributed by atoms with Gasteiger partial charge in [-0.2, -0.15) is 5.10 Å². The van der Waals surface area contributed by atoms with E-state index in [0.717, 1.165) is 42.9 Å². The molecule has 0 aliphatic carbocycles. The van der Waals surface area contributed by atoms with Crippen LogP contribution in [-0.4, -0.2) is 40.2 Å². The molecule has 2 aliphatic rings. The fourth-order valence-electron chi connectivity index (χ4n) is 3.83. The van der Waals surface area contributed by atoms with Crippen LogP contribution in [0.5, 0.6) is 5.75 Å². The summed E-state index contributed by atoms with van der Waals surface area (Å²) in [5.74, 6) is 1.52. The van der Waals surface area contributed by atoms with Crippen LogP contribution < -0.4 is 4.74 Å². The Labute approximate surface area is 142 Å². The molecule has 1 fully saturated rings. The van der Waals surface area contributed by atoms with E-state index in [2.05, 4.69) is 30.1 Å². The standard InChI is InChI=1S/C19H23N3O2/c1-12-13(2)24-18-15(12)6-3-7-16(18)19(23)22-10-4-5-14(11-22)17-8-9-20-21-17/h3,6-9,12-14H,4-5,10-11H2,1-2H3,(H,20,21)/t12-,13+,14-/m1/s1. The second kappa shape index (κ2) is 5.96. The number of nitrogens with zero attached hydrogens (tertiary/aromatic N) is 2. The summed E-state index contributed by atoms with van der Waals surface area (Å²) in [6, 6.07) is 7.95. The van der Waals surface area contributed by atoms with Gasteiger partial charge in [0.1, 0.15) is 11.9 Å². The summed E-state index contributed by atoms with van der Waals surface area (Å²) < 4.78 is 6.00. The monoisotopic (exact) mass is 325 g/mol. The Hall–Kier alpha value is -2.30. The molecular weight excluding hydrogens is 302 g/mol. The number of carbonyl (C=O) groups is 1. The molecule has 1 N–H and O–H groups in total. The van der Waals surface area contributed by atoms with E-state index in [4.69, 9.17) is 4.74 Å². The number of benzene rings is 1. The molecule has 0 spiro atoms. The molecule has 1 amide bonds. The number of hydrogen-bond donors (Lipinski definition) is 1. The zero-order valence-corrected chi connectivity index (χ0v) is 14.2. The van der Waals surface area contributed by atoms with Gasteiger partial charge in [-0.05, 0) is 31.9 Å². The summed E-state index contributed by atoms with van der Waals surface area (Å²) >= 11 is 0. The number of ether oxygens (including phenoxy) is 1. The summed E-state index contributed by atoms with van der Waals surface area (Å²) in [4.78, 5) is 15.1. The minimum atomic E-state index is 0.0809. The number of rotatable bonds is 2. The predicted octanol–water partition coefficient (Wildman–Crippen LogP) is 3.31. The molecule has 5 heteroatoms. The number of fused-ring (bicyclic) bond motifs is 1. The molecule has 0 saturated carbocycles. The van der Waals surface area contributed by atoms with E-state index in [1.807, 2.05) is 23.1 Å². The summed E-state index contributed by atoms with van der Waals surface area (Å²) in [6.45, 7) is 5.75. The first-order valence-electron chi connectivity index (χ1n) is 8.73. The van der Waals surface area contributed by atoms with Gasteiger partial charge in [-0.25, -0.2) is 0 Å². The number of H-pyrrole nitrogens is 1. The van der Waals surface area contributed by atoms with Crippen molar-refractivity contribution in [3.63, 3.8) is 0 Å². The second-order valence-corrected chi connectivity index (χ2v) is 6.94. The van der Waals surface area contributed by atoms with Crippen LogP contribution in [0.3, 0.4) is 0 Å². The molecule has 2 aromatic rings. The van der Waals surface area contributed by atoms with Gasteiger partial charge >= 0.3 is 0 Å². The van der Waals surface area contributed by atoms with Crippen molar-refractivity contribution < 1.29 is 9.53 Å². The normalized spacial score (nSPS) is 26.1. The van der Waals surface area contributed by atoms with Crippen molar-refractivity contribution in [1.29, 1.82) is 0 Å². The number of aromatic amines is 1. The second-order valence-electron chi connectivity index (χ2n) is 6.94. The number of piperidine rings is 1. The van der Waals surface area contributed by atoms with Crippen LogP contribution in [0.2, 0.25) is 0 Å². The number of hydrogen-bond acceptors (Lipinski definition) is 3. The molecule has 126 valence electrons. The molecule has 5 nitrogen and oxygen atoms in total. The van der Waals surface area contributed by atoms with E-state index in [9.17, 15) is 4.79 Å². The molecule has 3 heterocycles. The Morgan fingerprint density at radius 2 is 2.21 bits per heavy atom. The molecule has 1 aromatic carbocycles. The van der Waals surface area contributed by atoms with Crippen molar-refractivity contribution in [2.45, 2.75) is 44.6 Å². The van der Waals surface area contributed by atoms with E-state index in [1.165, 1.54) is 0 Å². The number of carbonyl (C=O) groups excluding carboxylic acids is 1. The quantitative estimate of drug-likeness (QED) is 0.921. The van der Waals surface area contributed by atoms with Gasteiger partial charge in [0.05, 0.1) is 5.56 Å². The van der Waals surface area contributed by atoms with Crippen molar-refractivity contribution in [3.05, 3.63) is 47.3 Å². The summed E-state index contributed by atoms with van der Waals surface area (Å²) in [5, 5.41) is 7.09. The topological polar surface area (TPSA) is 58.2 Å². The van der Waals surface area contributed by atoms with Crippen LogP contribution in [0.4, 0.5) is 0 Å². The first kappa shape index (κ1) is 15.2. The highest BCUT2D eigenvalue weighted by Crippen LogP contribution is 2.41. The Bertz CT molecular complexity index is 741. The van der Waals surface area contributed by atoms with E-state index in [-0.39, 0.29) is 12.0 Å². The van der Waals surface area contributed by atoms with Crippen molar-refractivity contribution in [1.82, 2.24) is 15.1 Å².